The molecule has 6 heteroatoms. The molecule has 2 aromatic rings. The number of thiazole rings is 1. The van der Waals surface area contributed by atoms with E-state index >= 15 is 0 Å². The van der Waals surface area contributed by atoms with Crippen molar-refractivity contribution in [1.82, 2.24) is 9.88 Å². The Morgan fingerprint density at radius 3 is 2.60 bits per heavy atom. The molecule has 20 heavy (non-hydrogen) atoms. The minimum atomic E-state index is 0.0771. The van der Waals surface area contributed by atoms with E-state index < -0.39 is 0 Å². The molecule has 1 amide bonds. The number of amides is 1. The number of carbonyl (C=O) groups is 1. The van der Waals surface area contributed by atoms with Gasteiger partial charge < -0.3 is 9.88 Å². The van der Waals surface area contributed by atoms with Crippen molar-refractivity contribution in [2.24, 2.45) is 0 Å². The molecular weight excluding hydrogens is 312 g/mol. The summed E-state index contributed by atoms with van der Waals surface area (Å²) in [4.78, 5) is 18.0. The summed E-state index contributed by atoms with van der Waals surface area (Å²) in [6.45, 7) is 2.51. The first-order chi connectivity index (χ1) is 9.45. The van der Waals surface area contributed by atoms with E-state index in [1.807, 2.05) is 31.2 Å². The normalized spacial score (nSPS) is 10.6. The molecule has 3 nitrogen and oxygen atoms in total. The number of likely N-dealkylation sites (N-methyl/N-ethyl adjacent to an activating group) is 1. The van der Waals surface area contributed by atoms with Crippen LogP contribution in [0.3, 0.4) is 0 Å². The third-order valence-corrected chi connectivity index (χ3v) is 4.58. The van der Waals surface area contributed by atoms with Gasteiger partial charge in [0.2, 0.25) is 5.91 Å². The highest BCUT2D eigenvalue weighted by Crippen LogP contribution is 2.17. The lowest BCUT2D eigenvalue weighted by Gasteiger charge is -2.17. The average Bonchev–Trinajstić information content (AvgIpc) is 2.70. The van der Waals surface area contributed by atoms with Gasteiger partial charge >= 0.3 is 0 Å². The maximum absolute atomic E-state index is 12.2. The molecule has 0 spiro atoms. The van der Waals surface area contributed by atoms with Gasteiger partial charge in [-0.05, 0) is 36.8 Å². The number of nitrogens with zero attached hydrogens (tertiary/aromatic N) is 1. The maximum Gasteiger partial charge on any atom is 0.227 e. The van der Waals surface area contributed by atoms with Gasteiger partial charge in [0.25, 0.3) is 0 Å². The van der Waals surface area contributed by atoms with Crippen molar-refractivity contribution in [2.45, 2.75) is 19.9 Å². The summed E-state index contributed by atoms with van der Waals surface area (Å²) in [6, 6.07) is 7.52. The van der Waals surface area contributed by atoms with Gasteiger partial charge in [0, 0.05) is 29.2 Å². The fourth-order valence-corrected chi connectivity index (χ4v) is 3.24. The number of hydrogen-bond donors (Lipinski definition) is 1. The molecule has 0 aliphatic rings. The highest BCUT2D eigenvalue weighted by atomic mass is 35.5. The first kappa shape index (κ1) is 15.2. The summed E-state index contributed by atoms with van der Waals surface area (Å²) in [5.41, 5.74) is 2.04. The molecule has 106 valence electrons. The molecule has 0 aliphatic carbocycles. The molecule has 1 heterocycles. The van der Waals surface area contributed by atoms with Gasteiger partial charge in [-0.3, -0.25) is 4.79 Å². The summed E-state index contributed by atoms with van der Waals surface area (Å²) in [7, 11) is 1.80. The van der Waals surface area contributed by atoms with Crippen molar-refractivity contribution >= 4 is 41.1 Å². The lowest BCUT2D eigenvalue weighted by atomic mass is 10.2. The fraction of sp³-hybridized carbons (Fsp3) is 0.286. The summed E-state index contributed by atoms with van der Waals surface area (Å²) in [5, 5.41) is 0.699. The Kier molecular flexibility index (Phi) is 4.96. The molecular formula is C14H15ClN2OS2. The second-order valence-electron chi connectivity index (χ2n) is 4.62. The molecule has 0 radical (unpaired) electrons. The Morgan fingerprint density at radius 2 is 2.05 bits per heavy atom. The number of carbonyl (C=O) groups excluding carboxylic acids is 1. The summed E-state index contributed by atoms with van der Waals surface area (Å²) in [6.07, 6.45) is 0.383. The zero-order valence-electron chi connectivity index (χ0n) is 11.3. The number of hydrogen-bond acceptors (Lipinski definition) is 3. The van der Waals surface area contributed by atoms with Crippen molar-refractivity contribution in [3.8, 4) is 0 Å². The minimum Gasteiger partial charge on any atom is -0.341 e. The summed E-state index contributed by atoms with van der Waals surface area (Å²) < 4.78 is 0.714. The third-order valence-electron chi connectivity index (χ3n) is 2.99. The number of H-pyrrole nitrogens is 1. The summed E-state index contributed by atoms with van der Waals surface area (Å²) in [5.74, 6) is 0.0771. The van der Waals surface area contributed by atoms with Crippen molar-refractivity contribution in [1.29, 1.82) is 0 Å². The van der Waals surface area contributed by atoms with Crippen LogP contribution in [0.5, 0.6) is 0 Å². The zero-order chi connectivity index (χ0) is 14.7. The highest BCUT2D eigenvalue weighted by molar-refractivity contribution is 7.73. The van der Waals surface area contributed by atoms with E-state index in [0.29, 0.717) is 21.9 Å². The largest absolute Gasteiger partial charge is 0.341 e. The maximum atomic E-state index is 12.2. The van der Waals surface area contributed by atoms with Crippen LogP contribution in [0.1, 0.15) is 16.1 Å². The quantitative estimate of drug-likeness (QED) is 0.863. The smallest absolute Gasteiger partial charge is 0.227 e. The number of halogens is 1. The van der Waals surface area contributed by atoms with Crippen LogP contribution in [0.15, 0.2) is 24.3 Å². The van der Waals surface area contributed by atoms with Crippen LogP contribution in [0.2, 0.25) is 5.02 Å². The lowest BCUT2D eigenvalue weighted by Crippen LogP contribution is -2.27. The van der Waals surface area contributed by atoms with E-state index in [4.69, 9.17) is 23.8 Å². The van der Waals surface area contributed by atoms with Crippen LogP contribution in [-0.4, -0.2) is 22.8 Å². The van der Waals surface area contributed by atoms with Gasteiger partial charge in [0.15, 0.2) is 3.95 Å². The van der Waals surface area contributed by atoms with E-state index in [1.54, 1.807) is 11.9 Å². The Balaban J connectivity index is 2.00. The predicted molar refractivity (Wildman–Crippen MR) is 85.9 cm³/mol. The molecule has 0 bridgehead atoms. The van der Waals surface area contributed by atoms with E-state index in [-0.39, 0.29) is 5.91 Å². The molecule has 2 rings (SSSR count). The van der Waals surface area contributed by atoms with Gasteiger partial charge in [0.1, 0.15) is 0 Å². The number of nitrogens with one attached hydrogen (secondary N) is 1. The highest BCUT2D eigenvalue weighted by Gasteiger charge is 2.13. The van der Waals surface area contributed by atoms with Gasteiger partial charge in [-0.25, -0.2) is 0 Å². The molecule has 0 unspecified atom stereocenters. The second kappa shape index (κ2) is 6.52. The molecule has 0 saturated heterocycles. The number of benzene rings is 1. The predicted octanol–water partition coefficient (Wildman–Crippen LogP) is 3.97. The van der Waals surface area contributed by atoms with Crippen LogP contribution in [-0.2, 0) is 17.8 Å². The monoisotopic (exact) mass is 326 g/mol. The molecule has 0 fully saturated rings. The second-order valence-corrected chi connectivity index (χ2v) is 6.82. The minimum absolute atomic E-state index is 0.0771. The number of aryl methyl sites for hydroxylation is 1. The van der Waals surface area contributed by atoms with Crippen LogP contribution >= 0.6 is 35.2 Å². The molecule has 1 aromatic carbocycles. The van der Waals surface area contributed by atoms with Crippen molar-refractivity contribution in [2.75, 3.05) is 7.05 Å². The van der Waals surface area contributed by atoms with Crippen molar-refractivity contribution in [3.05, 3.63) is 49.4 Å². The van der Waals surface area contributed by atoms with E-state index in [9.17, 15) is 4.79 Å². The van der Waals surface area contributed by atoms with Crippen molar-refractivity contribution < 1.29 is 4.79 Å². The fourth-order valence-electron chi connectivity index (χ4n) is 1.83. The Bertz CT molecular complexity index is 661. The van der Waals surface area contributed by atoms with Gasteiger partial charge in [-0.2, -0.15) is 0 Å². The Labute approximate surface area is 132 Å². The third kappa shape index (κ3) is 3.91. The number of rotatable bonds is 4. The topological polar surface area (TPSA) is 36.1 Å². The number of aromatic nitrogens is 1. The van der Waals surface area contributed by atoms with Gasteiger partial charge in [-0.15, -0.1) is 11.3 Å². The first-order valence-corrected chi connectivity index (χ1v) is 7.73. The Hall–Kier alpha value is -1.17. The van der Waals surface area contributed by atoms with Crippen LogP contribution in [0.4, 0.5) is 0 Å². The van der Waals surface area contributed by atoms with Crippen molar-refractivity contribution in [3.63, 3.8) is 0 Å². The van der Waals surface area contributed by atoms with Gasteiger partial charge in [-0.1, -0.05) is 23.7 Å². The molecule has 1 N–H and O–H groups in total. The number of aromatic amines is 1. The standard InChI is InChI=1S/C14H15ClN2OS2/c1-9-12(20-14(19)16-9)7-13(18)17(2)8-10-3-5-11(15)6-4-10/h3-6H,7-8H2,1-2H3,(H,16,19). The lowest BCUT2D eigenvalue weighted by molar-refractivity contribution is -0.129. The summed E-state index contributed by atoms with van der Waals surface area (Å²) >= 11 is 12.4. The van der Waals surface area contributed by atoms with Gasteiger partial charge in [0.05, 0.1) is 6.42 Å². The molecule has 0 aliphatic heterocycles. The van der Waals surface area contributed by atoms with E-state index in [2.05, 4.69) is 4.98 Å². The average molecular weight is 327 g/mol. The van der Waals surface area contributed by atoms with Crippen LogP contribution in [0, 0.1) is 10.9 Å². The molecule has 0 saturated carbocycles. The van der Waals surface area contributed by atoms with Crippen LogP contribution in [0.25, 0.3) is 0 Å². The Morgan fingerprint density at radius 1 is 1.40 bits per heavy atom. The van der Waals surface area contributed by atoms with E-state index in [1.165, 1.54) is 11.3 Å². The first-order valence-electron chi connectivity index (χ1n) is 6.12. The van der Waals surface area contributed by atoms with Crippen LogP contribution < -0.4 is 0 Å². The van der Waals surface area contributed by atoms with E-state index in [0.717, 1.165) is 16.1 Å². The molecule has 1 aromatic heterocycles. The SMILES string of the molecule is Cc1[nH]c(=S)sc1CC(=O)N(C)Cc1ccc(Cl)cc1. The molecule has 0 atom stereocenters. The zero-order valence-corrected chi connectivity index (χ0v) is 13.7.